The maximum Gasteiger partial charge on any atom is 0.0627 e. The van der Waals surface area contributed by atoms with Gasteiger partial charge >= 0.3 is 0 Å². The average Bonchev–Trinajstić information content (AvgIpc) is 2.29. The second-order valence-corrected chi connectivity index (χ2v) is 3.67. The van der Waals surface area contributed by atoms with E-state index in [0.717, 1.165) is 12.2 Å². The highest BCUT2D eigenvalue weighted by molar-refractivity contribution is 5.44. The summed E-state index contributed by atoms with van der Waals surface area (Å²) in [5.41, 5.74) is 1.04. The van der Waals surface area contributed by atoms with Gasteiger partial charge in [-0.25, -0.2) is 0 Å². The maximum atomic E-state index is 4.25. The minimum Gasteiger partial charge on any atom is -0.311 e. The molecule has 1 aliphatic rings. The fourth-order valence-corrected chi connectivity index (χ4v) is 1.73. The van der Waals surface area contributed by atoms with E-state index < -0.39 is 0 Å². The van der Waals surface area contributed by atoms with Crippen molar-refractivity contribution < 1.29 is 0 Å². The van der Waals surface area contributed by atoms with Gasteiger partial charge in [-0.15, -0.1) is 0 Å². The first-order valence-corrected chi connectivity index (χ1v) is 5.28. The Hall–Kier alpha value is -1.15. The highest BCUT2D eigenvalue weighted by atomic mass is 14.9. The van der Waals surface area contributed by atoms with Crippen LogP contribution in [0, 0.1) is 0 Å². The molecule has 1 N–H and O–H groups in total. The molecule has 0 bridgehead atoms. The van der Waals surface area contributed by atoms with Crippen molar-refractivity contribution in [2.75, 3.05) is 6.54 Å². The van der Waals surface area contributed by atoms with Gasteiger partial charge in [-0.05, 0) is 37.6 Å². The van der Waals surface area contributed by atoms with Gasteiger partial charge in [-0.2, -0.15) is 0 Å². The van der Waals surface area contributed by atoms with E-state index in [1.54, 1.807) is 0 Å². The van der Waals surface area contributed by atoms with Crippen LogP contribution in [0.25, 0.3) is 6.08 Å². The molecule has 0 aliphatic carbocycles. The molecule has 2 nitrogen and oxygen atoms in total. The molecule has 2 heteroatoms. The van der Waals surface area contributed by atoms with E-state index in [-0.39, 0.29) is 0 Å². The van der Waals surface area contributed by atoms with Gasteiger partial charge in [0.05, 0.1) is 5.69 Å². The van der Waals surface area contributed by atoms with Crippen LogP contribution in [0.15, 0.2) is 30.5 Å². The summed E-state index contributed by atoms with van der Waals surface area (Å²) in [6, 6.07) is 6.53. The first-order valence-electron chi connectivity index (χ1n) is 5.28. The minimum atomic E-state index is 0.547. The van der Waals surface area contributed by atoms with Gasteiger partial charge in [0.25, 0.3) is 0 Å². The predicted octanol–water partition coefficient (Wildman–Crippen LogP) is 2.24. The molecular formula is C12H16N2. The van der Waals surface area contributed by atoms with E-state index >= 15 is 0 Å². The van der Waals surface area contributed by atoms with Gasteiger partial charge in [-0.3, -0.25) is 4.98 Å². The molecule has 0 saturated carbocycles. The Labute approximate surface area is 85.1 Å². The van der Waals surface area contributed by atoms with Crippen LogP contribution in [0.5, 0.6) is 0 Å². The molecule has 1 aromatic heterocycles. The summed E-state index contributed by atoms with van der Waals surface area (Å²) in [6.07, 6.45) is 10.1. The van der Waals surface area contributed by atoms with Crippen LogP contribution < -0.4 is 5.32 Å². The van der Waals surface area contributed by atoms with Crippen molar-refractivity contribution >= 4 is 6.08 Å². The molecule has 0 radical (unpaired) electrons. The molecule has 1 fully saturated rings. The monoisotopic (exact) mass is 188 g/mol. The quantitative estimate of drug-likeness (QED) is 0.770. The van der Waals surface area contributed by atoms with E-state index in [9.17, 15) is 0 Å². The van der Waals surface area contributed by atoms with Crippen LogP contribution in [0.1, 0.15) is 25.0 Å². The Morgan fingerprint density at radius 1 is 1.36 bits per heavy atom. The predicted molar refractivity (Wildman–Crippen MR) is 58.9 cm³/mol. The fourth-order valence-electron chi connectivity index (χ4n) is 1.73. The van der Waals surface area contributed by atoms with Gasteiger partial charge in [0.2, 0.25) is 0 Å². The van der Waals surface area contributed by atoms with Gasteiger partial charge < -0.3 is 5.32 Å². The maximum absolute atomic E-state index is 4.25. The van der Waals surface area contributed by atoms with Crippen molar-refractivity contribution in [3.05, 3.63) is 36.2 Å². The van der Waals surface area contributed by atoms with Gasteiger partial charge in [0, 0.05) is 12.2 Å². The summed E-state index contributed by atoms with van der Waals surface area (Å²) < 4.78 is 0. The van der Waals surface area contributed by atoms with Crippen molar-refractivity contribution in [1.82, 2.24) is 10.3 Å². The topological polar surface area (TPSA) is 24.9 Å². The van der Waals surface area contributed by atoms with Crippen LogP contribution in [0.2, 0.25) is 0 Å². The Balaban J connectivity index is 1.93. The minimum absolute atomic E-state index is 0.547. The molecule has 0 amide bonds. The zero-order valence-corrected chi connectivity index (χ0v) is 8.32. The summed E-state index contributed by atoms with van der Waals surface area (Å²) in [4.78, 5) is 4.25. The third-order valence-electron chi connectivity index (χ3n) is 2.54. The SMILES string of the molecule is C(=C\C1CCCCN1)/c1ccccn1. The third-order valence-corrected chi connectivity index (χ3v) is 2.54. The second-order valence-electron chi connectivity index (χ2n) is 3.67. The normalized spacial score (nSPS) is 22.7. The standard InChI is InChI=1S/C12H16N2/c1-3-9-13-11(5-1)7-8-12-6-2-4-10-14-12/h1,3,5,7-9,12,14H,2,4,6,10H2/b8-7+. The number of hydrogen-bond donors (Lipinski definition) is 1. The number of nitrogens with one attached hydrogen (secondary N) is 1. The Bertz CT molecular complexity index is 286. The lowest BCUT2D eigenvalue weighted by molar-refractivity contribution is 0.455. The molecule has 1 atom stereocenters. The van der Waals surface area contributed by atoms with Crippen molar-refractivity contribution in [3.63, 3.8) is 0 Å². The molecule has 1 aromatic rings. The van der Waals surface area contributed by atoms with Crippen LogP contribution >= 0.6 is 0 Å². The molecule has 1 unspecified atom stereocenters. The van der Waals surface area contributed by atoms with Crippen LogP contribution in [0.3, 0.4) is 0 Å². The summed E-state index contributed by atoms with van der Waals surface area (Å²) in [6.45, 7) is 1.15. The fraction of sp³-hybridized carbons (Fsp3) is 0.417. The average molecular weight is 188 g/mol. The highest BCUT2D eigenvalue weighted by Crippen LogP contribution is 2.09. The summed E-state index contributed by atoms with van der Waals surface area (Å²) in [7, 11) is 0. The molecule has 2 rings (SSSR count). The lowest BCUT2D eigenvalue weighted by atomic mass is 10.0. The molecule has 0 spiro atoms. The Morgan fingerprint density at radius 2 is 2.36 bits per heavy atom. The number of pyridine rings is 1. The lowest BCUT2D eigenvalue weighted by Crippen LogP contribution is -2.31. The number of aromatic nitrogens is 1. The van der Waals surface area contributed by atoms with Crippen LogP contribution in [-0.4, -0.2) is 17.6 Å². The largest absolute Gasteiger partial charge is 0.311 e. The number of rotatable bonds is 2. The van der Waals surface area contributed by atoms with Crippen molar-refractivity contribution in [1.29, 1.82) is 0 Å². The van der Waals surface area contributed by atoms with E-state index in [2.05, 4.69) is 22.5 Å². The lowest BCUT2D eigenvalue weighted by Gasteiger charge is -2.19. The number of nitrogens with zero attached hydrogens (tertiary/aromatic N) is 1. The first-order chi connectivity index (χ1) is 6.95. The highest BCUT2D eigenvalue weighted by Gasteiger charge is 2.07. The molecule has 14 heavy (non-hydrogen) atoms. The smallest absolute Gasteiger partial charge is 0.0627 e. The zero-order valence-electron chi connectivity index (χ0n) is 8.32. The summed E-state index contributed by atoms with van der Waals surface area (Å²) in [5.74, 6) is 0. The Morgan fingerprint density at radius 3 is 3.07 bits per heavy atom. The van der Waals surface area contributed by atoms with E-state index in [1.165, 1.54) is 19.3 Å². The van der Waals surface area contributed by atoms with Gasteiger partial charge in [-0.1, -0.05) is 18.6 Å². The number of piperidine rings is 1. The van der Waals surface area contributed by atoms with Crippen molar-refractivity contribution in [2.24, 2.45) is 0 Å². The van der Waals surface area contributed by atoms with E-state index in [0.29, 0.717) is 6.04 Å². The second kappa shape index (κ2) is 4.91. The Kier molecular flexibility index (Phi) is 3.30. The zero-order chi connectivity index (χ0) is 9.64. The van der Waals surface area contributed by atoms with E-state index in [4.69, 9.17) is 0 Å². The van der Waals surface area contributed by atoms with Crippen LogP contribution in [-0.2, 0) is 0 Å². The van der Waals surface area contributed by atoms with Crippen LogP contribution in [0.4, 0.5) is 0 Å². The third kappa shape index (κ3) is 2.67. The van der Waals surface area contributed by atoms with Crippen molar-refractivity contribution in [3.8, 4) is 0 Å². The molecule has 1 saturated heterocycles. The summed E-state index contributed by atoms with van der Waals surface area (Å²) in [5, 5.41) is 3.47. The van der Waals surface area contributed by atoms with Crippen molar-refractivity contribution in [2.45, 2.75) is 25.3 Å². The van der Waals surface area contributed by atoms with E-state index in [1.807, 2.05) is 24.4 Å². The molecule has 0 aromatic carbocycles. The molecule has 2 heterocycles. The molecule has 74 valence electrons. The molecule has 1 aliphatic heterocycles. The van der Waals surface area contributed by atoms with Gasteiger partial charge in [0.15, 0.2) is 0 Å². The first kappa shape index (κ1) is 9.41. The van der Waals surface area contributed by atoms with Gasteiger partial charge in [0.1, 0.15) is 0 Å². The molecular weight excluding hydrogens is 172 g/mol. The summed E-state index contributed by atoms with van der Waals surface area (Å²) >= 11 is 0. The number of hydrogen-bond acceptors (Lipinski definition) is 2.